The molecule has 1 fully saturated rings. The smallest absolute Gasteiger partial charge is 0.186 e. The predicted octanol–water partition coefficient (Wildman–Crippen LogP) is -2.88. The van der Waals surface area contributed by atoms with E-state index in [4.69, 9.17) is 9.47 Å². The third kappa shape index (κ3) is 9.09. The second-order valence-electron chi connectivity index (χ2n) is 5.97. The van der Waals surface area contributed by atoms with Crippen LogP contribution in [-0.2, 0) is 9.47 Å². The summed E-state index contributed by atoms with van der Waals surface area (Å²) < 4.78 is 10.4. The highest BCUT2D eigenvalue weighted by molar-refractivity contribution is 7.60. The molecule has 9 atom stereocenters. The van der Waals surface area contributed by atoms with Crippen molar-refractivity contribution in [3.8, 4) is 0 Å². The fourth-order valence-corrected chi connectivity index (χ4v) is 3.02. The van der Waals surface area contributed by atoms with Crippen LogP contribution in [0.25, 0.3) is 0 Å². The van der Waals surface area contributed by atoms with E-state index in [-0.39, 0.29) is 86.5 Å². The van der Waals surface area contributed by atoms with Crippen LogP contribution >= 0.6 is 81.0 Å². The lowest BCUT2D eigenvalue weighted by Gasteiger charge is -2.44. The summed E-state index contributed by atoms with van der Waals surface area (Å²) in [5, 5.41) is 62.0. The molecule has 1 saturated heterocycles. The highest BCUT2D eigenvalue weighted by Crippen LogP contribution is 2.25. The molecule has 0 saturated carbocycles. The average Bonchev–Trinajstić information content (AvgIpc) is 2.54. The number of hydrogen-bond donors (Lipinski definition) is 7. The van der Waals surface area contributed by atoms with Crippen LogP contribution in [0.2, 0.25) is 0 Å². The first-order valence-corrected chi connectivity index (χ1v) is 7.47. The molecule has 1 aliphatic heterocycles. The highest BCUT2D eigenvalue weighted by atomic mass is 32.1. The minimum absolute atomic E-state index is 0. The van der Waals surface area contributed by atoms with E-state index in [9.17, 15) is 30.6 Å². The SMILES string of the molecule is COC1O[C@H](C)C(NC2C=C(CO)[C@@H](O)C(O)[C@H]2O)[C@H](O)C1O.S.S.S.S.S.S. The van der Waals surface area contributed by atoms with Gasteiger partial charge in [-0.1, -0.05) is 6.08 Å². The van der Waals surface area contributed by atoms with Crippen LogP contribution in [-0.4, -0.2) is 99.4 Å². The number of hydrogen-bond acceptors (Lipinski definition) is 9. The zero-order chi connectivity index (χ0) is 17.3. The monoisotopic (exact) mass is 539 g/mol. The molecule has 0 aromatic carbocycles. The zero-order valence-electron chi connectivity index (χ0n) is 16.0. The number of aliphatic hydroxyl groups excluding tert-OH is 6. The van der Waals surface area contributed by atoms with Gasteiger partial charge in [0.2, 0.25) is 0 Å². The normalized spacial score (nSPS) is 38.2. The Hall–Kier alpha value is 1.48. The van der Waals surface area contributed by atoms with E-state index < -0.39 is 61.6 Å². The van der Waals surface area contributed by atoms with Crippen molar-refractivity contribution in [1.29, 1.82) is 0 Å². The third-order valence-corrected chi connectivity index (χ3v) is 4.47. The van der Waals surface area contributed by atoms with Crippen molar-refractivity contribution in [2.45, 2.75) is 61.9 Å². The largest absolute Gasteiger partial charge is 0.392 e. The molecule has 5 unspecified atom stereocenters. The predicted molar refractivity (Wildman–Crippen MR) is 140 cm³/mol. The fourth-order valence-electron chi connectivity index (χ4n) is 3.02. The minimum Gasteiger partial charge on any atom is -0.392 e. The van der Waals surface area contributed by atoms with Gasteiger partial charge in [-0.2, -0.15) is 81.0 Å². The quantitative estimate of drug-likeness (QED) is 0.187. The number of aliphatic hydroxyl groups is 6. The van der Waals surface area contributed by atoms with Crippen LogP contribution in [0, 0.1) is 0 Å². The maximum atomic E-state index is 10.2. The van der Waals surface area contributed by atoms with Gasteiger partial charge in [-0.15, -0.1) is 0 Å². The summed E-state index contributed by atoms with van der Waals surface area (Å²) in [5.41, 5.74) is 0.162. The first-order valence-electron chi connectivity index (χ1n) is 7.47. The topological polar surface area (TPSA) is 152 Å². The van der Waals surface area contributed by atoms with Gasteiger partial charge in [0.15, 0.2) is 6.29 Å². The number of ether oxygens (including phenoxy) is 2. The maximum absolute atomic E-state index is 10.2. The van der Waals surface area contributed by atoms with Gasteiger partial charge in [0.05, 0.1) is 24.8 Å². The van der Waals surface area contributed by atoms with E-state index in [2.05, 4.69) is 5.32 Å². The van der Waals surface area contributed by atoms with Crippen molar-refractivity contribution in [2.24, 2.45) is 0 Å². The molecule has 0 amide bonds. The Balaban J connectivity index is -0.000000320. The molecule has 2 rings (SSSR count). The van der Waals surface area contributed by atoms with E-state index in [0.29, 0.717) is 0 Å². The molecular weight excluding hydrogens is 503 g/mol. The summed E-state index contributed by atoms with van der Waals surface area (Å²) in [4.78, 5) is 0. The third-order valence-electron chi connectivity index (χ3n) is 4.47. The Morgan fingerprint density at radius 2 is 1.41 bits per heavy atom. The summed E-state index contributed by atoms with van der Waals surface area (Å²) in [5.74, 6) is 0. The Morgan fingerprint density at radius 3 is 1.86 bits per heavy atom. The van der Waals surface area contributed by atoms with E-state index in [0.717, 1.165) is 0 Å². The molecule has 9 nitrogen and oxygen atoms in total. The molecule has 0 spiro atoms. The second kappa shape index (κ2) is 18.0. The van der Waals surface area contributed by atoms with Gasteiger partial charge in [-0.05, 0) is 12.5 Å². The van der Waals surface area contributed by atoms with Crippen molar-refractivity contribution in [3.05, 3.63) is 11.6 Å². The highest BCUT2D eigenvalue weighted by Gasteiger charge is 2.45. The Morgan fingerprint density at radius 1 is 0.897 bits per heavy atom. The van der Waals surface area contributed by atoms with E-state index in [1.807, 2.05) is 0 Å². The molecule has 0 aromatic rings. The number of methoxy groups -OCH3 is 1. The first kappa shape index (κ1) is 40.8. The Bertz CT molecular complexity index is 454. The van der Waals surface area contributed by atoms with Crippen LogP contribution in [0.4, 0.5) is 0 Å². The van der Waals surface area contributed by atoms with Gasteiger partial charge in [0.1, 0.15) is 30.5 Å². The molecule has 7 N–H and O–H groups in total. The van der Waals surface area contributed by atoms with Gasteiger partial charge < -0.3 is 45.4 Å². The lowest BCUT2D eigenvalue weighted by atomic mass is 9.86. The van der Waals surface area contributed by atoms with Crippen LogP contribution in [0.5, 0.6) is 0 Å². The molecule has 0 aromatic heterocycles. The lowest BCUT2D eigenvalue weighted by Crippen LogP contribution is -2.66. The van der Waals surface area contributed by atoms with Crippen LogP contribution in [0.3, 0.4) is 0 Å². The minimum atomic E-state index is -1.48. The van der Waals surface area contributed by atoms with Crippen LogP contribution < -0.4 is 5.32 Å². The first-order chi connectivity index (χ1) is 10.8. The van der Waals surface area contributed by atoms with Gasteiger partial charge in [-0.25, -0.2) is 0 Å². The summed E-state index contributed by atoms with van der Waals surface area (Å²) in [6.45, 7) is 1.19. The number of rotatable bonds is 4. The molecule has 15 heteroatoms. The molecule has 0 bridgehead atoms. The molecule has 1 heterocycles. The van der Waals surface area contributed by atoms with Crippen molar-refractivity contribution >= 4 is 81.0 Å². The lowest BCUT2D eigenvalue weighted by molar-refractivity contribution is -0.265. The van der Waals surface area contributed by atoms with E-state index in [1.54, 1.807) is 6.92 Å². The summed E-state index contributed by atoms with van der Waals surface area (Å²) in [7, 11) is 1.35. The number of nitrogens with one attached hydrogen (secondary N) is 1. The average molecular weight is 540 g/mol. The summed E-state index contributed by atoms with van der Waals surface area (Å²) in [6, 6.07) is -1.60. The fraction of sp³-hybridized carbons (Fsp3) is 0.857. The van der Waals surface area contributed by atoms with Crippen molar-refractivity contribution in [3.63, 3.8) is 0 Å². The Kier molecular flexibility index (Phi) is 25.3. The van der Waals surface area contributed by atoms with Crippen molar-refractivity contribution in [2.75, 3.05) is 13.7 Å². The van der Waals surface area contributed by atoms with Gasteiger partial charge in [-0.3, -0.25) is 0 Å². The van der Waals surface area contributed by atoms with Crippen molar-refractivity contribution < 1.29 is 40.1 Å². The van der Waals surface area contributed by atoms with Crippen molar-refractivity contribution in [1.82, 2.24) is 5.32 Å². The molecule has 0 radical (unpaired) electrons. The molecule has 2 aliphatic rings. The van der Waals surface area contributed by atoms with Crippen LogP contribution in [0.1, 0.15) is 6.92 Å². The molecule has 1 aliphatic carbocycles. The van der Waals surface area contributed by atoms with Gasteiger partial charge in [0.25, 0.3) is 0 Å². The summed E-state index contributed by atoms with van der Waals surface area (Å²) >= 11 is 0. The van der Waals surface area contributed by atoms with Gasteiger partial charge >= 0.3 is 0 Å². The molecule has 182 valence electrons. The molecular formula is C14H37NO8S6. The Labute approximate surface area is 212 Å². The van der Waals surface area contributed by atoms with Gasteiger partial charge in [0, 0.05) is 7.11 Å². The van der Waals surface area contributed by atoms with E-state index in [1.165, 1.54) is 13.2 Å². The molecule has 29 heavy (non-hydrogen) atoms. The summed E-state index contributed by atoms with van der Waals surface area (Å²) in [6.07, 6.45) is -6.83. The van der Waals surface area contributed by atoms with Crippen LogP contribution in [0.15, 0.2) is 11.6 Å². The standard InChI is InChI=1S/C14H25NO8.6H2S/c1-5-8(11(19)13(21)14(22-2)23-5)15-7-3-6(4-16)9(17)12(20)10(7)18;;;;;;/h3,5,7-21H,4H2,1-2H3;6*1H2/t5-,7?,8?,9-,10+,11+,12?,13?,14?;;;;;;/m1....../s1. The zero-order valence-corrected chi connectivity index (χ0v) is 22.0. The maximum Gasteiger partial charge on any atom is 0.186 e. The van der Waals surface area contributed by atoms with E-state index >= 15 is 0 Å². The second-order valence-corrected chi connectivity index (χ2v) is 5.97.